The number of oxazole rings is 1. The summed E-state index contributed by atoms with van der Waals surface area (Å²) in [6, 6.07) is 7.49. The van der Waals surface area contributed by atoms with Crippen LogP contribution in [0.15, 0.2) is 53.5 Å². The maximum atomic E-state index is 5.70. The van der Waals surface area contributed by atoms with Crippen molar-refractivity contribution < 1.29 is 9.15 Å². The van der Waals surface area contributed by atoms with Crippen LogP contribution in [0.25, 0.3) is 22.7 Å². The van der Waals surface area contributed by atoms with E-state index in [9.17, 15) is 0 Å². The molecule has 0 radical (unpaired) electrons. The fraction of sp³-hybridized carbons (Fsp3) is 0.125. The zero-order valence-electron chi connectivity index (χ0n) is 12.4. The van der Waals surface area contributed by atoms with Crippen molar-refractivity contribution in [1.29, 1.82) is 0 Å². The van der Waals surface area contributed by atoms with E-state index in [2.05, 4.69) is 20.1 Å². The molecule has 0 bridgehead atoms. The Bertz CT molecular complexity index is 945. The molecule has 0 fully saturated rings. The molecule has 23 heavy (non-hydrogen) atoms. The molecule has 0 amide bonds. The predicted molar refractivity (Wildman–Crippen MR) is 82.6 cm³/mol. The van der Waals surface area contributed by atoms with Crippen LogP contribution in [0.1, 0.15) is 5.69 Å². The minimum absolute atomic E-state index is 0.376. The molecule has 7 heteroatoms. The van der Waals surface area contributed by atoms with Gasteiger partial charge >= 0.3 is 0 Å². The first-order valence-electron chi connectivity index (χ1n) is 7.06. The molecule has 4 aromatic rings. The molecule has 0 aliphatic heterocycles. The molecule has 4 aromatic heterocycles. The molecule has 0 aliphatic carbocycles. The number of ether oxygens (including phenoxy) is 1. The minimum Gasteiger partial charge on any atom is -0.486 e. The summed E-state index contributed by atoms with van der Waals surface area (Å²) in [7, 11) is 1.84. The molecule has 0 atom stereocenters. The number of aromatic nitrogens is 5. The fourth-order valence-electron chi connectivity index (χ4n) is 2.18. The smallest absolute Gasteiger partial charge is 0.247 e. The van der Waals surface area contributed by atoms with Gasteiger partial charge in [-0.3, -0.25) is 9.67 Å². The van der Waals surface area contributed by atoms with Crippen LogP contribution < -0.4 is 4.74 Å². The molecule has 0 saturated carbocycles. The van der Waals surface area contributed by atoms with Gasteiger partial charge in [-0.25, -0.2) is 9.97 Å². The van der Waals surface area contributed by atoms with Gasteiger partial charge in [0, 0.05) is 25.5 Å². The van der Waals surface area contributed by atoms with Gasteiger partial charge in [0.1, 0.15) is 17.9 Å². The van der Waals surface area contributed by atoms with Crippen molar-refractivity contribution in [3.8, 4) is 17.2 Å². The molecule has 0 saturated heterocycles. The minimum atomic E-state index is 0.376. The Morgan fingerprint density at radius 2 is 2.17 bits per heavy atom. The van der Waals surface area contributed by atoms with Crippen LogP contribution in [0.4, 0.5) is 0 Å². The second-order valence-corrected chi connectivity index (χ2v) is 5.03. The van der Waals surface area contributed by atoms with Gasteiger partial charge in [0.2, 0.25) is 11.6 Å². The number of rotatable bonds is 4. The topological polar surface area (TPSA) is 78.9 Å². The zero-order valence-corrected chi connectivity index (χ0v) is 12.4. The molecule has 4 rings (SSSR count). The average molecular weight is 307 g/mol. The molecule has 0 spiro atoms. The van der Waals surface area contributed by atoms with E-state index in [1.165, 1.54) is 0 Å². The quantitative estimate of drug-likeness (QED) is 0.576. The Kier molecular flexibility index (Phi) is 3.23. The number of fused-ring (bicyclic) bond motifs is 1. The maximum Gasteiger partial charge on any atom is 0.247 e. The lowest BCUT2D eigenvalue weighted by molar-refractivity contribution is 0.300. The molecule has 7 nitrogen and oxygen atoms in total. The van der Waals surface area contributed by atoms with Crippen molar-refractivity contribution in [2.24, 2.45) is 7.05 Å². The highest BCUT2D eigenvalue weighted by atomic mass is 16.5. The van der Waals surface area contributed by atoms with Gasteiger partial charge in [0.05, 0.1) is 23.7 Å². The summed E-state index contributed by atoms with van der Waals surface area (Å²) >= 11 is 0. The third-order valence-corrected chi connectivity index (χ3v) is 3.29. The lowest BCUT2D eigenvalue weighted by atomic mass is 10.3. The van der Waals surface area contributed by atoms with Crippen molar-refractivity contribution in [2.45, 2.75) is 6.61 Å². The van der Waals surface area contributed by atoms with E-state index in [0.29, 0.717) is 29.5 Å². The van der Waals surface area contributed by atoms with Crippen LogP contribution in [0, 0.1) is 0 Å². The standard InChI is InChI=1S/C16H13N5O2/c1-21-9-11(7-19-21)15-20-14-6-13(8-18-16(14)23-15)22-10-12-4-2-3-5-17-12/h2-9H,10H2,1H3. The highest BCUT2D eigenvalue weighted by molar-refractivity contribution is 5.73. The van der Waals surface area contributed by atoms with Gasteiger partial charge in [-0.2, -0.15) is 5.10 Å². The van der Waals surface area contributed by atoms with Gasteiger partial charge in [-0.15, -0.1) is 0 Å². The molecule has 0 aromatic carbocycles. The summed E-state index contributed by atoms with van der Waals surface area (Å²) in [6.45, 7) is 0.376. The Hall–Kier alpha value is -3.22. The number of pyridine rings is 2. The summed E-state index contributed by atoms with van der Waals surface area (Å²) in [5.41, 5.74) is 2.77. The molecule has 0 aliphatic rings. The molecule has 114 valence electrons. The van der Waals surface area contributed by atoms with Crippen molar-refractivity contribution >= 4 is 11.2 Å². The van der Waals surface area contributed by atoms with Crippen LogP contribution in [0.3, 0.4) is 0 Å². The van der Waals surface area contributed by atoms with E-state index in [-0.39, 0.29) is 0 Å². The molecular weight excluding hydrogens is 294 g/mol. The number of nitrogens with zero attached hydrogens (tertiary/aromatic N) is 5. The summed E-state index contributed by atoms with van der Waals surface area (Å²) < 4.78 is 13.0. The Morgan fingerprint density at radius 1 is 1.22 bits per heavy atom. The van der Waals surface area contributed by atoms with E-state index in [1.807, 2.05) is 31.4 Å². The molecular formula is C16H13N5O2. The highest BCUT2D eigenvalue weighted by Crippen LogP contribution is 2.25. The van der Waals surface area contributed by atoms with Crippen LogP contribution in [-0.4, -0.2) is 24.7 Å². The summed E-state index contributed by atoms with van der Waals surface area (Å²) in [6.07, 6.45) is 6.88. The van der Waals surface area contributed by atoms with Gasteiger partial charge in [0.15, 0.2) is 0 Å². The third-order valence-electron chi connectivity index (χ3n) is 3.29. The van der Waals surface area contributed by atoms with Gasteiger partial charge in [-0.1, -0.05) is 6.07 Å². The normalized spacial score (nSPS) is 11.0. The van der Waals surface area contributed by atoms with Gasteiger partial charge < -0.3 is 9.15 Å². The number of aryl methyl sites for hydroxylation is 1. The first-order chi connectivity index (χ1) is 11.3. The monoisotopic (exact) mass is 307 g/mol. The Morgan fingerprint density at radius 3 is 2.96 bits per heavy atom. The molecule has 0 N–H and O–H groups in total. The first kappa shape index (κ1) is 13.4. The predicted octanol–water partition coefficient (Wildman–Crippen LogP) is 2.60. The summed E-state index contributed by atoms with van der Waals surface area (Å²) in [5, 5.41) is 4.11. The summed E-state index contributed by atoms with van der Waals surface area (Å²) in [5.74, 6) is 1.11. The van der Waals surface area contributed by atoms with Crippen LogP contribution in [0.2, 0.25) is 0 Å². The van der Waals surface area contributed by atoms with Gasteiger partial charge in [0.25, 0.3) is 0 Å². The van der Waals surface area contributed by atoms with Gasteiger partial charge in [-0.05, 0) is 12.1 Å². The van der Waals surface area contributed by atoms with Crippen molar-refractivity contribution in [3.63, 3.8) is 0 Å². The van der Waals surface area contributed by atoms with Crippen LogP contribution >= 0.6 is 0 Å². The van der Waals surface area contributed by atoms with Crippen molar-refractivity contribution in [3.05, 3.63) is 54.7 Å². The lowest BCUT2D eigenvalue weighted by Gasteiger charge is -2.04. The average Bonchev–Trinajstić information content (AvgIpc) is 3.19. The van der Waals surface area contributed by atoms with Crippen LogP contribution in [0.5, 0.6) is 5.75 Å². The highest BCUT2D eigenvalue weighted by Gasteiger charge is 2.11. The Labute approximate surface area is 131 Å². The van der Waals surface area contributed by atoms with E-state index < -0.39 is 0 Å². The summed E-state index contributed by atoms with van der Waals surface area (Å²) in [4.78, 5) is 12.9. The lowest BCUT2D eigenvalue weighted by Crippen LogP contribution is -1.97. The van der Waals surface area contributed by atoms with Crippen LogP contribution in [-0.2, 0) is 13.7 Å². The SMILES string of the molecule is Cn1cc(-c2nc3cc(OCc4ccccn4)cnc3o2)cn1. The largest absolute Gasteiger partial charge is 0.486 e. The van der Waals surface area contributed by atoms with Crippen molar-refractivity contribution in [2.75, 3.05) is 0 Å². The zero-order chi connectivity index (χ0) is 15.6. The first-order valence-corrected chi connectivity index (χ1v) is 7.06. The van der Waals surface area contributed by atoms with E-state index in [4.69, 9.17) is 9.15 Å². The van der Waals surface area contributed by atoms with E-state index in [0.717, 1.165) is 11.3 Å². The molecule has 0 unspecified atom stereocenters. The second kappa shape index (κ2) is 5.53. The number of hydrogen-bond acceptors (Lipinski definition) is 6. The maximum absolute atomic E-state index is 5.70. The Balaban J connectivity index is 1.58. The van der Waals surface area contributed by atoms with Crippen molar-refractivity contribution in [1.82, 2.24) is 24.7 Å². The molecule has 4 heterocycles. The number of hydrogen-bond donors (Lipinski definition) is 0. The second-order valence-electron chi connectivity index (χ2n) is 5.03. The van der Waals surface area contributed by atoms with E-state index >= 15 is 0 Å². The van der Waals surface area contributed by atoms with E-state index in [1.54, 1.807) is 29.3 Å². The fourth-order valence-corrected chi connectivity index (χ4v) is 2.18. The third kappa shape index (κ3) is 2.76.